The van der Waals surface area contributed by atoms with Crippen molar-refractivity contribution < 1.29 is 14.3 Å². The topological polar surface area (TPSA) is 47.6 Å². The minimum atomic E-state index is -0.137. The van der Waals surface area contributed by atoms with Crippen LogP contribution in [0.15, 0.2) is 60.7 Å². The zero-order valence-electron chi connectivity index (χ0n) is 14.0. The fraction of sp³-hybridized carbons (Fsp3) is 0.190. The first-order valence-electron chi connectivity index (χ1n) is 8.40. The number of benzene rings is 3. The van der Waals surface area contributed by atoms with E-state index >= 15 is 0 Å². The average Bonchev–Trinajstić information content (AvgIpc) is 2.67. The fourth-order valence-corrected chi connectivity index (χ4v) is 3.11. The minimum Gasteiger partial charge on any atom is -0.486 e. The molecule has 25 heavy (non-hydrogen) atoms. The van der Waals surface area contributed by atoms with E-state index < -0.39 is 0 Å². The molecule has 0 bridgehead atoms. The predicted octanol–water partition coefficient (Wildman–Crippen LogP) is 4.10. The van der Waals surface area contributed by atoms with Crippen molar-refractivity contribution in [1.29, 1.82) is 0 Å². The van der Waals surface area contributed by atoms with E-state index in [0.29, 0.717) is 18.8 Å². The Bertz CT molecular complexity index is 930. The van der Waals surface area contributed by atoms with Gasteiger partial charge in [-0.15, -0.1) is 0 Å². The predicted molar refractivity (Wildman–Crippen MR) is 97.3 cm³/mol. The molecule has 0 aliphatic carbocycles. The number of carbonyl (C=O) groups excluding carboxylic acids is 1. The molecule has 4 nitrogen and oxygen atoms in total. The van der Waals surface area contributed by atoms with E-state index in [1.807, 2.05) is 67.6 Å². The summed E-state index contributed by atoms with van der Waals surface area (Å²) in [7, 11) is 0. The Morgan fingerprint density at radius 1 is 0.960 bits per heavy atom. The number of fused-ring (bicyclic) bond motifs is 2. The van der Waals surface area contributed by atoms with Crippen LogP contribution in [0.3, 0.4) is 0 Å². The normalized spacial score (nSPS) is 14.1. The van der Waals surface area contributed by atoms with Gasteiger partial charge in [0.15, 0.2) is 11.5 Å². The van der Waals surface area contributed by atoms with Gasteiger partial charge in [-0.3, -0.25) is 4.79 Å². The molecule has 1 atom stereocenters. The maximum atomic E-state index is 12.8. The number of rotatable bonds is 3. The molecule has 0 radical (unpaired) electrons. The SMILES string of the molecule is C[C@@H](NC(=O)c1cccc2ccccc12)c1ccc2c(c1)OCCO2. The number of carbonyl (C=O) groups is 1. The number of nitrogens with one attached hydrogen (secondary N) is 1. The maximum absolute atomic E-state index is 12.8. The average molecular weight is 333 g/mol. The quantitative estimate of drug-likeness (QED) is 0.785. The summed E-state index contributed by atoms with van der Waals surface area (Å²) in [6, 6.07) is 19.3. The Hall–Kier alpha value is -3.01. The molecule has 1 heterocycles. The molecular formula is C21H19NO3. The molecule has 0 unspecified atom stereocenters. The molecule has 3 aromatic rings. The van der Waals surface area contributed by atoms with E-state index in [9.17, 15) is 4.79 Å². The van der Waals surface area contributed by atoms with E-state index in [-0.39, 0.29) is 11.9 Å². The van der Waals surface area contributed by atoms with Crippen LogP contribution in [-0.2, 0) is 0 Å². The molecule has 1 aliphatic heterocycles. The first-order chi connectivity index (χ1) is 12.2. The number of hydrogen-bond donors (Lipinski definition) is 1. The maximum Gasteiger partial charge on any atom is 0.252 e. The highest BCUT2D eigenvalue weighted by Crippen LogP contribution is 2.32. The Balaban J connectivity index is 1.58. The van der Waals surface area contributed by atoms with Crippen LogP contribution in [0.1, 0.15) is 28.9 Å². The van der Waals surface area contributed by atoms with Crippen LogP contribution in [0.2, 0.25) is 0 Å². The molecular weight excluding hydrogens is 314 g/mol. The van der Waals surface area contributed by atoms with Gasteiger partial charge >= 0.3 is 0 Å². The zero-order valence-corrected chi connectivity index (χ0v) is 14.0. The van der Waals surface area contributed by atoms with Crippen LogP contribution in [-0.4, -0.2) is 19.1 Å². The fourth-order valence-electron chi connectivity index (χ4n) is 3.11. The van der Waals surface area contributed by atoms with Crippen LogP contribution >= 0.6 is 0 Å². The molecule has 0 saturated carbocycles. The highest BCUT2D eigenvalue weighted by molar-refractivity contribution is 6.07. The van der Waals surface area contributed by atoms with Crippen molar-refractivity contribution in [2.75, 3.05) is 13.2 Å². The van der Waals surface area contributed by atoms with Gasteiger partial charge in [0.05, 0.1) is 6.04 Å². The summed E-state index contributed by atoms with van der Waals surface area (Å²) in [6.45, 7) is 3.08. The molecule has 3 aromatic carbocycles. The van der Waals surface area contributed by atoms with E-state index in [2.05, 4.69) is 5.32 Å². The van der Waals surface area contributed by atoms with Gasteiger partial charge in [0, 0.05) is 5.56 Å². The Labute approximate surface area is 146 Å². The van der Waals surface area contributed by atoms with Crippen molar-refractivity contribution in [1.82, 2.24) is 5.32 Å². The first kappa shape index (κ1) is 15.5. The largest absolute Gasteiger partial charge is 0.486 e. The van der Waals surface area contributed by atoms with E-state index in [1.165, 1.54) is 0 Å². The first-order valence-corrected chi connectivity index (χ1v) is 8.40. The van der Waals surface area contributed by atoms with Crippen molar-refractivity contribution in [3.05, 3.63) is 71.8 Å². The lowest BCUT2D eigenvalue weighted by molar-refractivity contribution is 0.0941. The van der Waals surface area contributed by atoms with Crippen LogP contribution in [0, 0.1) is 0 Å². The van der Waals surface area contributed by atoms with Crippen LogP contribution in [0.4, 0.5) is 0 Å². The zero-order chi connectivity index (χ0) is 17.2. The van der Waals surface area contributed by atoms with Gasteiger partial charge in [-0.05, 0) is 41.5 Å². The highest BCUT2D eigenvalue weighted by atomic mass is 16.6. The standard InChI is InChI=1S/C21H19NO3/c1-14(16-9-10-19-20(13-16)25-12-11-24-19)22-21(23)18-8-4-6-15-5-2-3-7-17(15)18/h2-10,13-14H,11-12H2,1H3,(H,22,23)/t14-/m1/s1. The Morgan fingerprint density at radius 2 is 1.72 bits per heavy atom. The lowest BCUT2D eigenvalue weighted by Crippen LogP contribution is -2.27. The second kappa shape index (κ2) is 6.48. The van der Waals surface area contributed by atoms with Crippen LogP contribution in [0.25, 0.3) is 10.8 Å². The molecule has 0 aromatic heterocycles. The third-order valence-electron chi connectivity index (χ3n) is 4.45. The summed E-state index contributed by atoms with van der Waals surface area (Å²) >= 11 is 0. The number of hydrogen-bond acceptors (Lipinski definition) is 3. The van der Waals surface area contributed by atoms with Crippen molar-refractivity contribution in [2.24, 2.45) is 0 Å². The summed E-state index contributed by atoms with van der Waals surface area (Å²) in [6.07, 6.45) is 0. The molecule has 4 heteroatoms. The van der Waals surface area contributed by atoms with Gasteiger partial charge in [-0.2, -0.15) is 0 Å². The second-order valence-electron chi connectivity index (χ2n) is 6.12. The van der Waals surface area contributed by atoms with Gasteiger partial charge in [-0.25, -0.2) is 0 Å². The van der Waals surface area contributed by atoms with Crippen LogP contribution < -0.4 is 14.8 Å². The van der Waals surface area contributed by atoms with Gasteiger partial charge in [0.2, 0.25) is 0 Å². The molecule has 0 spiro atoms. The smallest absolute Gasteiger partial charge is 0.252 e. The summed E-state index contributed by atoms with van der Waals surface area (Å²) in [5, 5.41) is 5.09. The number of ether oxygens (including phenoxy) is 2. The van der Waals surface area contributed by atoms with Gasteiger partial charge < -0.3 is 14.8 Å². The third kappa shape index (κ3) is 3.03. The molecule has 0 saturated heterocycles. The Kier molecular flexibility index (Phi) is 4.02. The monoisotopic (exact) mass is 333 g/mol. The molecule has 0 fully saturated rings. The molecule has 1 N–H and O–H groups in total. The molecule has 4 rings (SSSR count). The molecule has 126 valence electrons. The summed E-state index contributed by atoms with van der Waals surface area (Å²) in [5.74, 6) is 1.40. The third-order valence-corrected chi connectivity index (χ3v) is 4.45. The molecule has 1 aliphatic rings. The lowest BCUT2D eigenvalue weighted by atomic mass is 10.0. The van der Waals surface area contributed by atoms with Crippen molar-refractivity contribution >= 4 is 16.7 Å². The molecule has 1 amide bonds. The van der Waals surface area contributed by atoms with Gasteiger partial charge in [0.1, 0.15) is 13.2 Å². The minimum absolute atomic E-state index is 0.0841. The highest BCUT2D eigenvalue weighted by Gasteiger charge is 2.17. The van der Waals surface area contributed by atoms with Crippen molar-refractivity contribution in [3.8, 4) is 11.5 Å². The number of amides is 1. The van der Waals surface area contributed by atoms with Gasteiger partial charge in [0.25, 0.3) is 5.91 Å². The summed E-state index contributed by atoms with van der Waals surface area (Å²) in [5.41, 5.74) is 1.67. The van der Waals surface area contributed by atoms with Crippen LogP contribution in [0.5, 0.6) is 11.5 Å². The summed E-state index contributed by atoms with van der Waals surface area (Å²) < 4.78 is 11.2. The second-order valence-corrected chi connectivity index (χ2v) is 6.12. The van der Waals surface area contributed by atoms with Gasteiger partial charge in [-0.1, -0.05) is 42.5 Å². The van der Waals surface area contributed by atoms with E-state index in [1.54, 1.807) is 0 Å². The lowest BCUT2D eigenvalue weighted by Gasteiger charge is -2.21. The Morgan fingerprint density at radius 3 is 2.60 bits per heavy atom. The van der Waals surface area contributed by atoms with E-state index in [4.69, 9.17) is 9.47 Å². The summed E-state index contributed by atoms with van der Waals surface area (Å²) in [4.78, 5) is 12.8. The van der Waals surface area contributed by atoms with Crippen molar-refractivity contribution in [3.63, 3.8) is 0 Å². The van der Waals surface area contributed by atoms with E-state index in [0.717, 1.165) is 27.8 Å². The van der Waals surface area contributed by atoms with Crippen molar-refractivity contribution in [2.45, 2.75) is 13.0 Å².